The van der Waals surface area contributed by atoms with Crippen LogP contribution in [0.1, 0.15) is 19.5 Å². The van der Waals surface area contributed by atoms with Crippen LogP contribution in [-0.2, 0) is 10.3 Å². The van der Waals surface area contributed by atoms with Crippen LogP contribution in [0, 0.1) is 0 Å². The molecule has 2 heterocycles. The number of rotatable bonds is 3. The minimum Gasteiger partial charge on any atom is -0.373 e. The van der Waals surface area contributed by atoms with Crippen molar-refractivity contribution < 1.29 is 14.6 Å². The van der Waals surface area contributed by atoms with Crippen molar-refractivity contribution in [3.05, 3.63) is 18.1 Å². The Morgan fingerprint density at radius 2 is 2.16 bits per heavy atom. The summed E-state index contributed by atoms with van der Waals surface area (Å²) in [4.78, 5) is 22.8. The summed E-state index contributed by atoms with van der Waals surface area (Å²) in [5.41, 5.74) is 0.0617. The maximum atomic E-state index is 11.9. The van der Waals surface area contributed by atoms with E-state index in [4.69, 9.17) is 4.74 Å². The lowest BCUT2D eigenvalue weighted by Gasteiger charge is -2.24. The SMILES string of the molecule is COC(C)(C)c1cc(N2C(=O)N(C)CC2O)ncn1. The van der Waals surface area contributed by atoms with Crippen LogP contribution in [-0.4, -0.2) is 52.9 Å². The summed E-state index contributed by atoms with van der Waals surface area (Å²) in [5.74, 6) is 0.372. The van der Waals surface area contributed by atoms with Crippen molar-refractivity contribution in [2.24, 2.45) is 0 Å². The monoisotopic (exact) mass is 266 g/mol. The zero-order chi connectivity index (χ0) is 14.2. The maximum Gasteiger partial charge on any atom is 0.327 e. The van der Waals surface area contributed by atoms with E-state index in [-0.39, 0.29) is 12.6 Å². The van der Waals surface area contributed by atoms with Crippen LogP contribution in [0.15, 0.2) is 12.4 Å². The molecule has 0 radical (unpaired) electrons. The Balaban J connectivity index is 2.37. The molecule has 19 heavy (non-hydrogen) atoms. The molecule has 104 valence electrons. The number of hydrogen-bond donors (Lipinski definition) is 1. The number of aromatic nitrogens is 2. The van der Waals surface area contributed by atoms with E-state index in [1.165, 1.54) is 16.1 Å². The molecular weight excluding hydrogens is 248 g/mol. The van der Waals surface area contributed by atoms with Crippen LogP contribution in [0.25, 0.3) is 0 Å². The fraction of sp³-hybridized carbons (Fsp3) is 0.583. The van der Waals surface area contributed by atoms with E-state index < -0.39 is 11.8 Å². The van der Waals surface area contributed by atoms with Gasteiger partial charge in [0.25, 0.3) is 0 Å². The third-order valence-electron chi connectivity index (χ3n) is 3.29. The average Bonchev–Trinajstić information content (AvgIpc) is 2.63. The van der Waals surface area contributed by atoms with Crippen LogP contribution >= 0.6 is 0 Å². The topological polar surface area (TPSA) is 78.8 Å². The van der Waals surface area contributed by atoms with Crippen molar-refractivity contribution in [2.45, 2.75) is 25.7 Å². The molecule has 1 aromatic heterocycles. The molecule has 0 bridgehead atoms. The Bertz CT molecular complexity index is 492. The van der Waals surface area contributed by atoms with Gasteiger partial charge in [0.05, 0.1) is 12.2 Å². The van der Waals surface area contributed by atoms with Crippen molar-refractivity contribution in [1.29, 1.82) is 0 Å². The Hall–Kier alpha value is -1.73. The number of carbonyl (C=O) groups excluding carboxylic acids is 1. The number of ether oxygens (including phenoxy) is 1. The number of methoxy groups -OCH3 is 1. The zero-order valence-corrected chi connectivity index (χ0v) is 11.5. The number of aliphatic hydroxyl groups is 1. The summed E-state index contributed by atoms with van der Waals surface area (Å²) in [7, 11) is 3.22. The smallest absolute Gasteiger partial charge is 0.327 e. The van der Waals surface area contributed by atoms with Crippen LogP contribution in [0.5, 0.6) is 0 Å². The van der Waals surface area contributed by atoms with Gasteiger partial charge in [-0.1, -0.05) is 0 Å². The fourth-order valence-electron chi connectivity index (χ4n) is 1.88. The lowest BCUT2D eigenvalue weighted by atomic mass is 10.0. The molecular formula is C12H18N4O3. The van der Waals surface area contributed by atoms with Crippen LogP contribution in [0.4, 0.5) is 10.6 Å². The number of β-amino-alcohol motifs (C(OH)–C–C–N with tert-alkyl or cyclic N) is 1. The standard InChI is InChI=1S/C12H18N4O3/c1-12(2,19-4)8-5-9(14-7-13-8)16-10(17)6-15(3)11(16)18/h5,7,10,17H,6H2,1-4H3. The first kappa shape index (κ1) is 13.7. The summed E-state index contributed by atoms with van der Waals surface area (Å²) in [6, 6.07) is 1.37. The Labute approximate surface area is 111 Å². The minimum absolute atomic E-state index is 0.256. The summed E-state index contributed by atoms with van der Waals surface area (Å²) < 4.78 is 5.35. The molecule has 1 atom stereocenters. The highest BCUT2D eigenvalue weighted by atomic mass is 16.5. The largest absolute Gasteiger partial charge is 0.373 e. The van der Waals surface area contributed by atoms with Gasteiger partial charge in [-0.2, -0.15) is 0 Å². The van der Waals surface area contributed by atoms with Gasteiger partial charge in [-0.15, -0.1) is 0 Å². The third-order valence-corrected chi connectivity index (χ3v) is 3.29. The molecule has 0 spiro atoms. The molecule has 2 rings (SSSR count). The first-order valence-corrected chi connectivity index (χ1v) is 5.97. The number of carbonyl (C=O) groups is 1. The number of aliphatic hydroxyl groups excluding tert-OH is 1. The van der Waals surface area contributed by atoms with Crippen molar-refractivity contribution >= 4 is 11.8 Å². The number of anilines is 1. The van der Waals surface area contributed by atoms with E-state index in [1.807, 2.05) is 13.8 Å². The van der Waals surface area contributed by atoms with Crippen LogP contribution in [0.2, 0.25) is 0 Å². The summed E-state index contributed by atoms with van der Waals surface area (Å²) in [5, 5.41) is 9.91. The number of hydrogen-bond acceptors (Lipinski definition) is 5. The second-order valence-electron chi connectivity index (χ2n) is 4.99. The van der Waals surface area contributed by atoms with Gasteiger partial charge >= 0.3 is 6.03 Å². The van der Waals surface area contributed by atoms with Gasteiger partial charge in [0, 0.05) is 20.2 Å². The van der Waals surface area contributed by atoms with Gasteiger partial charge in [0.1, 0.15) is 17.7 Å². The Morgan fingerprint density at radius 3 is 2.68 bits per heavy atom. The zero-order valence-electron chi connectivity index (χ0n) is 11.5. The van der Waals surface area contributed by atoms with Gasteiger partial charge in [-0.3, -0.25) is 0 Å². The highest BCUT2D eigenvalue weighted by Crippen LogP contribution is 2.26. The molecule has 1 N–H and O–H groups in total. The second kappa shape index (κ2) is 4.75. The first-order valence-electron chi connectivity index (χ1n) is 5.97. The molecule has 1 aliphatic rings. The molecule has 1 aliphatic heterocycles. The highest BCUT2D eigenvalue weighted by molar-refractivity contribution is 5.93. The molecule has 1 aromatic rings. The molecule has 1 saturated heterocycles. The Kier molecular flexibility index (Phi) is 3.42. The van der Waals surface area contributed by atoms with E-state index in [1.54, 1.807) is 20.2 Å². The van der Waals surface area contributed by atoms with Gasteiger partial charge in [0.15, 0.2) is 6.23 Å². The first-order chi connectivity index (χ1) is 8.86. The van der Waals surface area contributed by atoms with E-state index >= 15 is 0 Å². The summed E-state index contributed by atoms with van der Waals surface area (Å²) in [6.45, 7) is 3.99. The molecule has 7 heteroatoms. The van der Waals surface area contributed by atoms with Crippen molar-refractivity contribution in [2.75, 3.05) is 25.6 Å². The van der Waals surface area contributed by atoms with Gasteiger partial charge < -0.3 is 14.7 Å². The second-order valence-corrected chi connectivity index (χ2v) is 4.99. The van der Waals surface area contributed by atoms with Gasteiger partial charge in [0.2, 0.25) is 0 Å². The predicted molar refractivity (Wildman–Crippen MR) is 68.6 cm³/mol. The van der Waals surface area contributed by atoms with Gasteiger partial charge in [-0.05, 0) is 13.8 Å². The number of amides is 2. The van der Waals surface area contributed by atoms with E-state index in [9.17, 15) is 9.90 Å². The molecule has 1 fully saturated rings. The van der Waals surface area contributed by atoms with E-state index in [2.05, 4.69) is 9.97 Å². The van der Waals surface area contributed by atoms with Crippen LogP contribution in [0.3, 0.4) is 0 Å². The summed E-state index contributed by atoms with van der Waals surface area (Å²) >= 11 is 0. The molecule has 0 aliphatic carbocycles. The van der Waals surface area contributed by atoms with E-state index in [0.29, 0.717) is 11.5 Å². The van der Waals surface area contributed by atoms with Gasteiger partial charge in [-0.25, -0.2) is 19.7 Å². The normalized spacial score (nSPS) is 20.3. The lowest BCUT2D eigenvalue weighted by Crippen LogP contribution is -2.35. The highest BCUT2D eigenvalue weighted by Gasteiger charge is 2.36. The maximum absolute atomic E-state index is 11.9. The number of urea groups is 1. The van der Waals surface area contributed by atoms with Crippen molar-refractivity contribution in [3.63, 3.8) is 0 Å². The minimum atomic E-state index is -0.897. The fourth-order valence-corrected chi connectivity index (χ4v) is 1.88. The van der Waals surface area contributed by atoms with Crippen molar-refractivity contribution in [3.8, 4) is 0 Å². The molecule has 7 nitrogen and oxygen atoms in total. The molecule has 0 saturated carbocycles. The predicted octanol–water partition coefficient (Wildman–Crippen LogP) is 0.548. The number of nitrogens with zero attached hydrogens (tertiary/aromatic N) is 4. The average molecular weight is 266 g/mol. The van der Waals surface area contributed by atoms with Crippen molar-refractivity contribution in [1.82, 2.24) is 14.9 Å². The molecule has 2 amide bonds. The van der Waals surface area contributed by atoms with Crippen LogP contribution < -0.4 is 4.90 Å². The summed E-state index contributed by atoms with van der Waals surface area (Å²) in [6.07, 6.45) is 0.468. The quantitative estimate of drug-likeness (QED) is 0.864. The lowest BCUT2D eigenvalue weighted by molar-refractivity contribution is 0.0154. The molecule has 0 aromatic carbocycles. The molecule has 1 unspecified atom stereocenters. The number of likely N-dealkylation sites (N-methyl/N-ethyl adjacent to an activating group) is 1. The Morgan fingerprint density at radius 1 is 1.47 bits per heavy atom. The third kappa shape index (κ3) is 2.39. The van der Waals surface area contributed by atoms with E-state index in [0.717, 1.165) is 0 Å².